The smallest absolute Gasteiger partial charge is 0.330 e. The average Bonchev–Trinajstić information content (AvgIpc) is 2.96. The number of allylic oxidation sites excluding steroid dienone is 3. The topological polar surface area (TPSA) is 38.8 Å². The van der Waals surface area contributed by atoms with E-state index in [4.69, 9.17) is 9.47 Å². The molecule has 0 amide bonds. The van der Waals surface area contributed by atoms with Crippen LogP contribution in [0.5, 0.6) is 0 Å². The van der Waals surface area contributed by atoms with Crippen molar-refractivity contribution in [3.8, 4) is 0 Å². The van der Waals surface area contributed by atoms with Crippen LogP contribution >= 0.6 is 15.9 Å². The summed E-state index contributed by atoms with van der Waals surface area (Å²) in [5, 5.41) is 0. The van der Waals surface area contributed by atoms with E-state index in [2.05, 4.69) is 42.8 Å². The number of epoxide rings is 1. The van der Waals surface area contributed by atoms with Crippen LogP contribution in [0, 0.1) is 5.41 Å². The lowest BCUT2D eigenvalue weighted by molar-refractivity contribution is -0.137. The monoisotopic (exact) mass is 358 g/mol. The van der Waals surface area contributed by atoms with Crippen molar-refractivity contribution in [2.45, 2.75) is 65.6 Å². The van der Waals surface area contributed by atoms with Crippen molar-refractivity contribution in [2.24, 2.45) is 5.41 Å². The van der Waals surface area contributed by atoms with Gasteiger partial charge >= 0.3 is 5.97 Å². The molecule has 2 atom stereocenters. The van der Waals surface area contributed by atoms with Crippen LogP contribution < -0.4 is 0 Å². The van der Waals surface area contributed by atoms with Gasteiger partial charge in [0.2, 0.25) is 0 Å². The van der Waals surface area contributed by atoms with Crippen molar-refractivity contribution in [2.75, 3.05) is 6.61 Å². The lowest BCUT2D eigenvalue weighted by atomic mass is 9.83. The van der Waals surface area contributed by atoms with Crippen molar-refractivity contribution in [3.63, 3.8) is 0 Å². The molecule has 3 nitrogen and oxygen atoms in total. The van der Waals surface area contributed by atoms with Gasteiger partial charge in [0.1, 0.15) is 0 Å². The maximum atomic E-state index is 11.4. The summed E-state index contributed by atoms with van der Waals surface area (Å²) in [6.45, 7) is 10.7. The Morgan fingerprint density at radius 2 is 2.14 bits per heavy atom. The van der Waals surface area contributed by atoms with Gasteiger partial charge in [0.05, 0.1) is 18.3 Å². The van der Waals surface area contributed by atoms with Gasteiger partial charge in [0.25, 0.3) is 0 Å². The Kier molecular flexibility index (Phi) is 6.67. The Morgan fingerprint density at radius 3 is 2.71 bits per heavy atom. The van der Waals surface area contributed by atoms with E-state index in [0.29, 0.717) is 6.61 Å². The summed E-state index contributed by atoms with van der Waals surface area (Å²) in [4.78, 5) is 11.4. The lowest BCUT2D eigenvalue weighted by Gasteiger charge is -2.19. The van der Waals surface area contributed by atoms with E-state index in [1.807, 2.05) is 19.9 Å². The Hall–Kier alpha value is -0.610. The molecule has 1 saturated heterocycles. The minimum absolute atomic E-state index is 0.0199. The van der Waals surface area contributed by atoms with Crippen LogP contribution in [-0.4, -0.2) is 24.3 Å². The number of rotatable bonds is 8. The van der Waals surface area contributed by atoms with Crippen LogP contribution in [0.4, 0.5) is 0 Å². The van der Waals surface area contributed by atoms with Gasteiger partial charge in [0, 0.05) is 6.08 Å². The number of carbonyl (C=O) groups is 1. The largest absolute Gasteiger partial charge is 0.463 e. The summed E-state index contributed by atoms with van der Waals surface area (Å²) in [6, 6.07) is 0. The van der Waals surface area contributed by atoms with Gasteiger partial charge in [-0.3, -0.25) is 0 Å². The molecular formula is C17H27BrO3. The highest BCUT2D eigenvalue weighted by Gasteiger charge is 2.52. The quantitative estimate of drug-likeness (QED) is 0.356. The summed E-state index contributed by atoms with van der Waals surface area (Å²) in [6.07, 6.45) is 8.85. The maximum absolute atomic E-state index is 11.4. The molecular weight excluding hydrogens is 332 g/mol. The summed E-state index contributed by atoms with van der Waals surface area (Å²) in [5.41, 5.74) is -0.0929. The molecule has 0 bridgehead atoms. The molecule has 1 aliphatic heterocycles. The standard InChI is InChI=1S/C17H27BrO3/c1-6-20-15(19)9-11-16(3,4)12-14-17(5,21-14)10-7-8-13(2)18/h8-9,11,14H,6-7,10,12H2,1-5H3. The molecule has 0 aliphatic carbocycles. The molecule has 120 valence electrons. The van der Waals surface area contributed by atoms with Crippen LogP contribution in [0.3, 0.4) is 0 Å². The molecule has 1 heterocycles. The zero-order valence-corrected chi connectivity index (χ0v) is 15.3. The minimum atomic E-state index is -0.275. The Bertz CT molecular complexity index is 422. The molecule has 0 radical (unpaired) electrons. The number of halogens is 1. The predicted molar refractivity (Wildman–Crippen MR) is 89.4 cm³/mol. The molecule has 2 unspecified atom stereocenters. The third-order valence-electron chi connectivity index (χ3n) is 3.77. The third kappa shape index (κ3) is 6.79. The highest BCUT2D eigenvalue weighted by atomic mass is 79.9. The molecule has 0 aromatic heterocycles. The zero-order valence-electron chi connectivity index (χ0n) is 13.7. The number of hydrogen-bond donors (Lipinski definition) is 0. The molecule has 1 fully saturated rings. The van der Waals surface area contributed by atoms with Gasteiger partial charge in [0.15, 0.2) is 0 Å². The molecule has 21 heavy (non-hydrogen) atoms. The molecule has 0 aromatic rings. The Labute approximate surface area is 136 Å². The summed E-state index contributed by atoms with van der Waals surface area (Å²) >= 11 is 3.44. The Morgan fingerprint density at radius 1 is 1.48 bits per heavy atom. The van der Waals surface area contributed by atoms with E-state index in [1.54, 1.807) is 0 Å². The van der Waals surface area contributed by atoms with Crippen molar-refractivity contribution in [3.05, 3.63) is 22.7 Å². The zero-order chi connectivity index (χ0) is 16.1. The highest BCUT2D eigenvalue weighted by molar-refractivity contribution is 9.11. The van der Waals surface area contributed by atoms with Crippen molar-refractivity contribution in [1.29, 1.82) is 0 Å². The molecule has 0 N–H and O–H groups in total. The number of carbonyl (C=O) groups excluding carboxylic acids is 1. The first kappa shape index (κ1) is 18.4. The first-order valence-corrected chi connectivity index (χ1v) is 8.34. The summed E-state index contributed by atoms with van der Waals surface area (Å²) in [5.74, 6) is -0.275. The van der Waals surface area contributed by atoms with E-state index in [-0.39, 0.29) is 23.1 Å². The Balaban J connectivity index is 2.43. The van der Waals surface area contributed by atoms with Gasteiger partial charge < -0.3 is 9.47 Å². The van der Waals surface area contributed by atoms with Gasteiger partial charge in [-0.05, 0) is 49.9 Å². The highest BCUT2D eigenvalue weighted by Crippen LogP contribution is 2.46. The minimum Gasteiger partial charge on any atom is -0.463 e. The number of ether oxygens (including phenoxy) is 2. The van der Waals surface area contributed by atoms with E-state index in [9.17, 15) is 4.79 Å². The maximum Gasteiger partial charge on any atom is 0.330 e. The van der Waals surface area contributed by atoms with Crippen LogP contribution in [0.15, 0.2) is 22.7 Å². The second-order valence-corrected chi connectivity index (χ2v) is 7.78. The molecule has 0 aromatic carbocycles. The predicted octanol–water partition coefficient (Wildman–Crippen LogP) is 4.76. The van der Waals surface area contributed by atoms with Crippen LogP contribution in [-0.2, 0) is 14.3 Å². The number of esters is 1. The average molecular weight is 359 g/mol. The normalized spacial score (nSPS) is 26.2. The third-order valence-corrected chi connectivity index (χ3v) is 4.09. The van der Waals surface area contributed by atoms with E-state index in [1.165, 1.54) is 10.6 Å². The molecule has 0 spiro atoms. The van der Waals surface area contributed by atoms with Gasteiger partial charge in [-0.1, -0.05) is 41.9 Å². The van der Waals surface area contributed by atoms with Gasteiger partial charge in [-0.25, -0.2) is 4.79 Å². The fourth-order valence-electron chi connectivity index (χ4n) is 2.36. The van der Waals surface area contributed by atoms with Crippen molar-refractivity contribution in [1.82, 2.24) is 0 Å². The van der Waals surface area contributed by atoms with Crippen LogP contribution in [0.2, 0.25) is 0 Å². The molecule has 4 heteroatoms. The molecule has 1 aliphatic rings. The first-order chi connectivity index (χ1) is 9.68. The second kappa shape index (κ2) is 7.59. The number of hydrogen-bond acceptors (Lipinski definition) is 3. The second-order valence-electron chi connectivity index (χ2n) is 6.53. The summed E-state index contributed by atoms with van der Waals surface area (Å²) < 4.78 is 12.0. The van der Waals surface area contributed by atoms with Gasteiger partial charge in [-0.15, -0.1) is 0 Å². The fraction of sp³-hybridized carbons (Fsp3) is 0.706. The molecule has 1 rings (SSSR count). The fourth-order valence-corrected chi connectivity index (χ4v) is 2.58. The van der Waals surface area contributed by atoms with Gasteiger partial charge in [-0.2, -0.15) is 0 Å². The van der Waals surface area contributed by atoms with E-state index < -0.39 is 0 Å². The first-order valence-electron chi connectivity index (χ1n) is 7.54. The molecule has 0 saturated carbocycles. The van der Waals surface area contributed by atoms with Crippen LogP contribution in [0.25, 0.3) is 0 Å². The van der Waals surface area contributed by atoms with Crippen molar-refractivity contribution >= 4 is 21.9 Å². The van der Waals surface area contributed by atoms with E-state index >= 15 is 0 Å². The SMILES string of the molecule is CCOC(=O)C=CC(C)(C)CC1OC1(C)CCC=C(C)Br. The van der Waals surface area contributed by atoms with E-state index in [0.717, 1.165) is 19.3 Å². The van der Waals surface area contributed by atoms with Crippen LogP contribution in [0.1, 0.15) is 53.9 Å². The summed E-state index contributed by atoms with van der Waals surface area (Å²) in [7, 11) is 0. The lowest BCUT2D eigenvalue weighted by Crippen LogP contribution is -2.17. The van der Waals surface area contributed by atoms with Crippen molar-refractivity contribution < 1.29 is 14.3 Å².